The van der Waals surface area contributed by atoms with Crippen molar-refractivity contribution in [2.24, 2.45) is 0 Å². The van der Waals surface area contributed by atoms with Crippen molar-refractivity contribution in [1.82, 2.24) is 19.6 Å². The number of para-hydroxylation sites is 1. The second-order valence-corrected chi connectivity index (χ2v) is 6.52. The van der Waals surface area contributed by atoms with Crippen molar-refractivity contribution in [1.29, 1.82) is 0 Å². The van der Waals surface area contributed by atoms with Gasteiger partial charge in [-0.2, -0.15) is 0 Å². The number of hydrogen-bond donors (Lipinski definition) is 1. The van der Waals surface area contributed by atoms with E-state index in [0.717, 1.165) is 5.65 Å². The monoisotopic (exact) mass is 348 g/mol. The maximum atomic E-state index is 13.2. The molecule has 7 nitrogen and oxygen atoms in total. The molecule has 1 saturated heterocycles. The number of imide groups is 1. The van der Waals surface area contributed by atoms with E-state index in [1.165, 1.54) is 4.90 Å². The molecule has 0 aliphatic carbocycles. The average Bonchev–Trinajstić information content (AvgIpc) is 3.17. The fourth-order valence-electron chi connectivity index (χ4n) is 3.74. The number of nitrogens with one attached hydrogen (secondary N) is 1. The number of carbonyl (C=O) groups is 2. The summed E-state index contributed by atoms with van der Waals surface area (Å²) in [7, 11) is 0. The maximum absolute atomic E-state index is 13.2. The minimum absolute atomic E-state index is 0.136. The highest BCUT2D eigenvalue weighted by Crippen LogP contribution is 2.41. The first-order valence-corrected chi connectivity index (χ1v) is 8.46. The fraction of sp³-hybridized carbons (Fsp3) is 0.211. The standard InChI is InChI=1S/C19H16N4O3/c24-17-19(8-10-26-15-6-2-1-5-14(15)19)21-18(25)23(17)12-13-11-22-9-4-3-7-16(22)20-13/h1-7,9,11H,8,10,12H2,(H,21,25)/t19-/m0/s1. The first kappa shape index (κ1) is 14.9. The number of benzene rings is 1. The Hall–Kier alpha value is -3.35. The Balaban J connectivity index is 1.51. The van der Waals surface area contributed by atoms with Crippen LogP contribution in [0.4, 0.5) is 4.79 Å². The number of ether oxygens (including phenoxy) is 1. The van der Waals surface area contributed by atoms with Crippen LogP contribution in [0.1, 0.15) is 17.7 Å². The summed E-state index contributed by atoms with van der Waals surface area (Å²) < 4.78 is 7.52. The largest absolute Gasteiger partial charge is 0.493 e. The van der Waals surface area contributed by atoms with E-state index in [0.29, 0.717) is 30.0 Å². The summed E-state index contributed by atoms with van der Waals surface area (Å²) in [5.41, 5.74) is 1.10. The van der Waals surface area contributed by atoms with Crippen molar-refractivity contribution < 1.29 is 14.3 Å². The van der Waals surface area contributed by atoms with Gasteiger partial charge in [0.1, 0.15) is 11.4 Å². The van der Waals surface area contributed by atoms with E-state index in [1.54, 1.807) is 0 Å². The zero-order valence-corrected chi connectivity index (χ0v) is 13.9. The number of rotatable bonds is 2. The molecule has 2 aliphatic rings. The lowest BCUT2D eigenvalue weighted by atomic mass is 9.84. The van der Waals surface area contributed by atoms with Gasteiger partial charge in [0, 0.05) is 24.4 Å². The first-order valence-electron chi connectivity index (χ1n) is 8.46. The molecule has 4 heterocycles. The van der Waals surface area contributed by atoms with Crippen LogP contribution >= 0.6 is 0 Å². The number of pyridine rings is 1. The molecule has 5 rings (SSSR count). The predicted octanol–water partition coefficient (Wildman–Crippen LogP) is 2.06. The van der Waals surface area contributed by atoms with Crippen LogP contribution in [0, 0.1) is 0 Å². The molecule has 130 valence electrons. The average molecular weight is 348 g/mol. The molecule has 1 fully saturated rings. The number of hydrogen-bond acceptors (Lipinski definition) is 4. The van der Waals surface area contributed by atoms with Crippen LogP contribution in [0.3, 0.4) is 0 Å². The van der Waals surface area contributed by atoms with E-state index in [4.69, 9.17) is 4.74 Å². The zero-order chi connectivity index (χ0) is 17.7. The third-order valence-electron chi connectivity index (χ3n) is 4.99. The van der Waals surface area contributed by atoms with Crippen molar-refractivity contribution in [3.63, 3.8) is 0 Å². The van der Waals surface area contributed by atoms with Gasteiger partial charge >= 0.3 is 6.03 Å². The number of urea groups is 1. The van der Waals surface area contributed by atoms with Crippen LogP contribution in [0.5, 0.6) is 5.75 Å². The van der Waals surface area contributed by atoms with Gasteiger partial charge in [-0.05, 0) is 18.2 Å². The van der Waals surface area contributed by atoms with Gasteiger partial charge in [-0.3, -0.25) is 9.69 Å². The Labute approximate surface area is 149 Å². The molecule has 2 aliphatic heterocycles. The van der Waals surface area contributed by atoms with Gasteiger partial charge in [-0.25, -0.2) is 9.78 Å². The molecular weight excluding hydrogens is 332 g/mol. The number of aromatic nitrogens is 2. The van der Waals surface area contributed by atoms with E-state index < -0.39 is 11.6 Å². The molecule has 2 aromatic heterocycles. The zero-order valence-electron chi connectivity index (χ0n) is 13.9. The molecule has 0 bridgehead atoms. The van der Waals surface area contributed by atoms with E-state index in [-0.39, 0.29) is 12.5 Å². The second kappa shape index (κ2) is 5.32. The van der Waals surface area contributed by atoms with Crippen LogP contribution in [0.2, 0.25) is 0 Å². The van der Waals surface area contributed by atoms with Crippen molar-refractivity contribution >= 4 is 17.6 Å². The lowest BCUT2D eigenvalue weighted by Gasteiger charge is -2.33. The quantitative estimate of drug-likeness (QED) is 0.720. The summed E-state index contributed by atoms with van der Waals surface area (Å²) in [6, 6.07) is 12.6. The second-order valence-electron chi connectivity index (χ2n) is 6.52. The topological polar surface area (TPSA) is 75.9 Å². The third kappa shape index (κ3) is 2.03. The van der Waals surface area contributed by atoms with Crippen molar-refractivity contribution in [2.75, 3.05) is 6.61 Å². The van der Waals surface area contributed by atoms with Crippen LogP contribution in [0.25, 0.3) is 5.65 Å². The van der Waals surface area contributed by atoms with E-state index in [9.17, 15) is 9.59 Å². The highest BCUT2D eigenvalue weighted by atomic mass is 16.5. The summed E-state index contributed by atoms with van der Waals surface area (Å²) in [6.07, 6.45) is 4.13. The number of nitrogens with zero attached hydrogens (tertiary/aromatic N) is 3. The van der Waals surface area contributed by atoms with Gasteiger partial charge in [-0.15, -0.1) is 0 Å². The minimum Gasteiger partial charge on any atom is -0.493 e. The minimum atomic E-state index is -1.05. The molecule has 1 N–H and O–H groups in total. The number of imidazole rings is 1. The summed E-state index contributed by atoms with van der Waals surface area (Å²) in [5, 5.41) is 2.90. The van der Waals surface area contributed by atoms with Crippen molar-refractivity contribution in [3.05, 3.63) is 66.1 Å². The van der Waals surface area contributed by atoms with Gasteiger partial charge in [0.2, 0.25) is 0 Å². The lowest BCUT2D eigenvalue weighted by molar-refractivity contribution is -0.133. The molecule has 26 heavy (non-hydrogen) atoms. The normalized spacial score (nSPS) is 21.8. The highest BCUT2D eigenvalue weighted by molar-refractivity contribution is 6.07. The number of amides is 3. The molecule has 0 radical (unpaired) electrons. The Morgan fingerprint density at radius 3 is 2.88 bits per heavy atom. The van der Waals surface area contributed by atoms with Gasteiger partial charge in [0.25, 0.3) is 5.91 Å². The SMILES string of the molecule is O=C1N[C@]2(CCOc3ccccc32)C(=O)N1Cc1cn2ccccc2n1. The van der Waals surface area contributed by atoms with Crippen molar-refractivity contribution in [2.45, 2.75) is 18.5 Å². The highest BCUT2D eigenvalue weighted by Gasteiger charge is 2.54. The molecule has 1 aromatic carbocycles. The van der Waals surface area contributed by atoms with E-state index in [2.05, 4.69) is 10.3 Å². The molecule has 3 aromatic rings. The predicted molar refractivity (Wildman–Crippen MR) is 92.5 cm³/mol. The molecular formula is C19H16N4O3. The van der Waals surface area contributed by atoms with Gasteiger partial charge in [-0.1, -0.05) is 24.3 Å². The van der Waals surface area contributed by atoms with Crippen LogP contribution in [-0.4, -0.2) is 32.8 Å². The summed E-state index contributed by atoms with van der Waals surface area (Å²) in [5.74, 6) is 0.386. The van der Waals surface area contributed by atoms with Gasteiger partial charge in [0.05, 0.1) is 18.8 Å². The van der Waals surface area contributed by atoms with E-state index in [1.807, 2.05) is 59.3 Å². The van der Waals surface area contributed by atoms with Crippen LogP contribution in [-0.2, 0) is 16.9 Å². The fourth-order valence-corrected chi connectivity index (χ4v) is 3.74. The summed E-state index contributed by atoms with van der Waals surface area (Å²) >= 11 is 0. The Morgan fingerprint density at radius 1 is 1.15 bits per heavy atom. The molecule has 3 amide bonds. The third-order valence-corrected chi connectivity index (χ3v) is 4.99. The van der Waals surface area contributed by atoms with Gasteiger partial charge < -0.3 is 14.5 Å². The smallest absolute Gasteiger partial charge is 0.325 e. The number of fused-ring (bicyclic) bond motifs is 3. The van der Waals surface area contributed by atoms with Crippen molar-refractivity contribution in [3.8, 4) is 5.75 Å². The van der Waals surface area contributed by atoms with Gasteiger partial charge in [0.15, 0.2) is 5.54 Å². The summed E-state index contributed by atoms with van der Waals surface area (Å²) in [6.45, 7) is 0.516. The van der Waals surface area contributed by atoms with E-state index >= 15 is 0 Å². The Kier molecular flexibility index (Phi) is 3.06. The maximum Gasteiger partial charge on any atom is 0.325 e. The lowest BCUT2D eigenvalue weighted by Crippen LogP contribution is -2.47. The molecule has 1 spiro atoms. The first-order chi connectivity index (χ1) is 12.7. The molecule has 7 heteroatoms. The number of carbonyl (C=O) groups excluding carboxylic acids is 2. The van der Waals surface area contributed by atoms with Crippen LogP contribution < -0.4 is 10.1 Å². The Bertz CT molecular complexity index is 1010. The summed E-state index contributed by atoms with van der Waals surface area (Å²) in [4.78, 5) is 31.6. The van der Waals surface area contributed by atoms with Crippen LogP contribution in [0.15, 0.2) is 54.9 Å². The molecule has 0 saturated carbocycles. The molecule has 0 unspecified atom stereocenters. The molecule has 1 atom stereocenters. The Morgan fingerprint density at radius 2 is 2.00 bits per heavy atom.